The lowest BCUT2D eigenvalue weighted by Crippen LogP contribution is -2.08. The lowest BCUT2D eigenvalue weighted by Gasteiger charge is -2.09. The molecule has 1 aliphatic heterocycles. The molecule has 29 heavy (non-hydrogen) atoms. The first-order valence-electron chi connectivity index (χ1n) is 8.52. The molecule has 0 saturated carbocycles. The Bertz CT molecular complexity index is 1160. The van der Waals surface area contributed by atoms with E-state index in [-0.39, 0.29) is 28.7 Å². The van der Waals surface area contributed by atoms with E-state index in [1.165, 1.54) is 54.8 Å². The number of rotatable bonds is 4. The Morgan fingerprint density at radius 1 is 1.14 bits per heavy atom. The Balaban J connectivity index is 1.60. The van der Waals surface area contributed by atoms with Crippen LogP contribution >= 0.6 is 0 Å². The third-order valence-corrected chi connectivity index (χ3v) is 4.36. The van der Waals surface area contributed by atoms with E-state index in [9.17, 15) is 19.7 Å². The molecule has 0 spiro atoms. The Morgan fingerprint density at radius 3 is 2.55 bits per heavy atom. The summed E-state index contributed by atoms with van der Waals surface area (Å²) in [5, 5.41) is 10.7. The molecular weight excluding hydrogens is 378 g/mol. The number of esters is 1. The smallest absolute Gasteiger partial charge is 0.379 e. The number of ketones is 1. The van der Waals surface area contributed by atoms with Gasteiger partial charge >= 0.3 is 5.97 Å². The van der Waals surface area contributed by atoms with Gasteiger partial charge in [0.05, 0.1) is 16.7 Å². The molecule has 2 aromatic carbocycles. The van der Waals surface area contributed by atoms with Crippen LogP contribution < -0.4 is 9.47 Å². The van der Waals surface area contributed by atoms with E-state index in [2.05, 4.69) is 0 Å². The van der Waals surface area contributed by atoms with Crippen molar-refractivity contribution >= 4 is 23.5 Å². The van der Waals surface area contributed by atoms with E-state index in [0.29, 0.717) is 22.4 Å². The summed E-state index contributed by atoms with van der Waals surface area (Å²) in [7, 11) is 0. The van der Waals surface area contributed by atoms with Gasteiger partial charge in [-0.05, 0) is 55.0 Å². The second kappa shape index (κ2) is 7.08. The van der Waals surface area contributed by atoms with E-state index in [1.54, 1.807) is 13.0 Å². The third-order valence-electron chi connectivity index (χ3n) is 4.36. The average Bonchev–Trinajstić information content (AvgIpc) is 3.34. The zero-order valence-corrected chi connectivity index (χ0v) is 15.1. The zero-order valence-electron chi connectivity index (χ0n) is 15.1. The summed E-state index contributed by atoms with van der Waals surface area (Å²) < 4.78 is 16.1. The summed E-state index contributed by atoms with van der Waals surface area (Å²) in [5.41, 5.74) is 1.36. The topological polar surface area (TPSA) is 109 Å². The number of carbonyl (C=O) groups excluding carboxylic acids is 2. The number of fused-ring (bicyclic) bond motifs is 1. The molecule has 4 rings (SSSR count). The van der Waals surface area contributed by atoms with Gasteiger partial charge in [-0.25, -0.2) is 4.79 Å². The van der Waals surface area contributed by atoms with Crippen molar-refractivity contribution in [2.45, 2.75) is 6.92 Å². The predicted molar refractivity (Wildman–Crippen MR) is 101 cm³/mol. The number of Topliss-reactive ketones (excluding diaryl/α,β-unsaturated/α-hetero) is 1. The average molecular weight is 391 g/mol. The van der Waals surface area contributed by atoms with Crippen molar-refractivity contribution in [2.24, 2.45) is 0 Å². The number of benzene rings is 2. The normalized spacial score (nSPS) is 13.8. The van der Waals surface area contributed by atoms with Gasteiger partial charge in [0.15, 0.2) is 5.76 Å². The molecule has 8 heteroatoms. The van der Waals surface area contributed by atoms with Crippen molar-refractivity contribution in [1.29, 1.82) is 0 Å². The number of hydrogen-bond acceptors (Lipinski definition) is 7. The van der Waals surface area contributed by atoms with Crippen LogP contribution in [0.1, 0.15) is 32.0 Å². The van der Waals surface area contributed by atoms with Crippen molar-refractivity contribution in [2.75, 3.05) is 0 Å². The van der Waals surface area contributed by atoms with Crippen molar-refractivity contribution < 1.29 is 28.4 Å². The number of nitro benzene ring substituents is 1. The molecule has 1 aromatic heterocycles. The number of nitrogens with zero attached hydrogens (tertiary/aromatic N) is 1. The molecule has 0 unspecified atom stereocenters. The summed E-state index contributed by atoms with van der Waals surface area (Å²) in [6.07, 6.45) is 2.86. The van der Waals surface area contributed by atoms with Crippen LogP contribution in [0.4, 0.5) is 5.69 Å². The molecule has 144 valence electrons. The standard InChI is InChI=1S/C21H13NO7/c1-12-16(29-21(24)17-3-2-10-27-17)9-8-15-19(23)18(28-20(12)15)11-13-4-6-14(7-5-13)22(25)26/h2-11H,1H3/b18-11-. The van der Waals surface area contributed by atoms with Crippen LogP contribution in [0.3, 0.4) is 0 Å². The Hall–Kier alpha value is -4.20. The molecule has 2 heterocycles. The van der Waals surface area contributed by atoms with Crippen molar-refractivity contribution in [3.8, 4) is 11.5 Å². The fourth-order valence-electron chi connectivity index (χ4n) is 2.87. The number of allylic oxidation sites excluding steroid dienone is 1. The minimum Gasteiger partial charge on any atom is -0.457 e. The van der Waals surface area contributed by atoms with Crippen LogP contribution in [-0.2, 0) is 0 Å². The molecule has 3 aromatic rings. The summed E-state index contributed by atoms with van der Waals surface area (Å²) in [4.78, 5) is 35.0. The molecule has 8 nitrogen and oxygen atoms in total. The maximum Gasteiger partial charge on any atom is 0.379 e. The van der Waals surface area contributed by atoms with E-state index in [0.717, 1.165) is 0 Å². The predicted octanol–water partition coefficient (Wildman–Crippen LogP) is 4.33. The molecule has 0 fully saturated rings. The number of nitro groups is 1. The quantitative estimate of drug-likeness (QED) is 0.214. The van der Waals surface area contributed by atoms with Crippen LogP contribution in [0.5, 0.6) is 11.5 Å². The summed E-state index contributed by atoms with van der Waals surface area (Å²) in [6.45, 7) is 1.67. The molecule has 0 aliphatic carbocycles. The Kier molecular flexibility index (Phi) is 4.44. The molecule has 0 amide bonds. The molecule has 0 bridgehead atoms. The number of hydrogen-bond donors (Lipinski definition) is 0. The van der Waals surface area contributed by atoms with Gasteiger partial charge in [0.1, 0.15) is 11.5 Å². The zero-order chi connectivity index (χ0) is 20.5. The lowest BCUT2D eigenvalue weighted by atomic mass is 10.1. The van der Waals surface area contributed by atoms with Crippen molar-refractivity contribution in [3.63, 3.8) is 0 Å². The number of ether oxygens (including phenoxy) is 2. The van der Waals surface area contributed by atoms with Gasteiger partial charge in [0, 0.05) is 17.7 Å². The molecule has 0 radical (unpaired) electrons. The Morgan fingerprint density at radius 2 is 1.90 bits per heavy atom. The minimum absolute atomic E-state index is 0.0482. The minimum atomic E-state index is -0.663. The van der Waals surface area contributed by atoms with E-state index < -0.39 is 10.9 Å². The van der Waals surface area contributed by atoms with E-state index in [4.69, 9.17) is 13.9 Å². The van der Waals surface area contributed by atoms with Gasteiger partial charge in [-0.15, -0.1) is 0 Å². The second-order valence-corrected chi connectivity index (χ2v) is 6.22. The summed E-state index contributed by atoms with van der Waals surface area (Å²) in [6, 6.07) is 11.8. The van der Waals surface area contributed by atoms with Crippen LogP contribution in [0.15, 0.2) is 65.0 Å². The van der Waals surface area contributed by atoms with E-state index in [1.807, 2.05) is 0 Å². The highest BCUT2D eigenvalue weighted by Crippen LogP contribution is 2.39. The number of carbonyl (C=O) groups is 2. The SMILES string of the molecule is Cc1c(OC(=O)c2ccco2)ccc2c1O/C(=C\c1ccc([N+](=O)[O-])cc1)C2=O. The van der Waals surface area contributed by atoms with Gasteiger partial charge in [0.2, 0.25) is 11.5 Å². The van der Waals surface area contributed by atoms with Crippen LogP contribution in [0.25, 0.3) is 6.08 Å². The van der Waals surface area contributed by atoms with E-state index >= 15 is 0 Å². The fraction of sp³-hybridized carbons (Fsp3) is 0.0476. The third kappa shape index (κ3) is 3.39. The van der Waals surface area contributed by atoms with Crippen LogP contribution in [0.2, 0.25) is 0 Å². The lowest BCUT2D eigenvalue weighted by molar-refractivity contribution is -0.384. The first kappa shape index (κ1) is 18.2. The highest BCUT2D eigenvalue weighted by atomic mass is 16.6. The number of furan rings is 1. The second-order valence-electron chi connectivity index (χ2n) is 6.22. The fourth-order valence-corrected chi connectivity index (χ4v) is 2.87. The highest BCUT2D eigenvalue weighted by Gasteiger charge is 2.30. The molecule has 0 saturated heterocycles. The summed E-state index contributed by atoms with van der Waals surface area (Å²) >= 11 is 0. The van der Waals surface area contributed by atoms with Crippen molar-refractivity contribution in [3.05, 3.63) is 93.1 Å². The number of non-ortho nitro benzene ring substituents is 1. The van der Waals surface area contributed by atoms with Gasteiger partial charge in [0.25, 0.3) is 5.69 Å². The van der Waals surface area contributed by atoms with Gasteiger partial charge in [-0.1, -0.05) is 0 Å². The monoisotopic (exact) mass is 391 g/mol. The molecular formula is C21H13NO7. The Labute approximate surface area is 164 Å². The molecule has 0 atom stereocenters. The van der Waals surface area contributed by atoms with Gasteiger partial charge in [-0.2, -0.15) is 0 Å². The summed E-state index contributed by atoms with van der Waals surface area (Å²) in [5.74, 6) is -0.316. The maximum atomic E-state index is 12.6. The maximum absolute atomic E-state index is 12.6. The van der Waals surface area contributed by atoms with Crippen molar-refractivity contribution in [1.82, 2.24) is 0 Å². The largest absolute Gasteiger partial charge is 0.457 e. The molecule has 1 aliphatic rings. The van der Waals surface area contributed by atoms with Gasteiger partial charge < -0.3 is 13.9 Å². The molecule has 0 N–H and O–H groups in total. The first-order valence-corrected chi connectivity index (χ1v) is 8.52. The van der Waals surface area contributed by atoms with Crippen LogP contribution in [0, 0.1) is 17.0 Å². The first-order chi connectivity index (χ1) is 13.9. The van der Waals surface area contributed by atoms with Gasteiger partial charge in [-0.3, -0.25) is 14.9 Å². The van der Waals surface area contributed by atoms with Crippen LogP contribution in [-0.4, -0.2) is 16.7 Å². The highest BCUT2D eigenvalue weighted by molar-refractivity contribution is 6.15.